The molecule has 21 heavy (non-hydrogen) atoms. The van der Waals surface area contributed by atoms with E-state index in [4.69, 9.17) is 11.6 Å². The van der Waals surface area contributed by atoms with Gasteiger partial charge >= 0.3 is 0 Å². The Morgan fingerprint density at radius 3 is 2.67 bits per heavy atom. The highest BCUT2D eigenvalue weighted by Crippen LogP contribution is 2.22. The van der Waals surface area contributed by atoms with E-state index < -0.39 is 4.92 Å². The number of halogens is 2. The normalized spacial score (nSPS) is 10.7. The van der Waals surface area contributed by atoms with Crippen molar-refractivity contribution in [3.8, 4) is 0 Å². The Balaban J connectivity index is 2.54. The first-order valence-electron chi connectivity index (χ1n) is 5.83. The first-order valence-corrected chi connectivity index (χ1v) is 7.00. The first-order chi connectivity index (χ1) is 9.79. The third-order valence-corrected chi connectivity index (χ3v) is 3.95. The Morgan fingerprint density at radius 2 is 2.10 bits per heavy atom. The molecule has 0 saturated heterocycles. The molecule has 0 bridgehead atoms. The summed E-state index contributed by atoms with van der Waals surface area (Å²) in [6.07, 6.45) is 1.18. The summed E-state index contributed by atoms with van der Waals surface area (Å²) in [5.41, 5.74) is 0.391. The molecule has 0 aliphatic rings. The van der Waals surface area contributed by atoms with Crippen molar-refractivity contribution in [2.75, 3.05) is 0 Å². The number of aryl methyl sites for hydroxylation is 1. The third kappa shape index (κ3) is 3.27. The SMILES string of the molecule is Cc1cc(Cl)nc(Cn2cc([N+](=O)[O-])c(C)c(Br)c2=O)n1. The van der Waals surface area contributed by atoms with Gasteiger partial charge in [0.15, 0.2) is 0 Å². The van der Waals surface area contributed by atoms with Crippen LogP contribution in [0.2, 0.25) is 5.15 Å². The summed E-state index contributed by atoms with van der Waals surface area (Å²) in [7, 11) is 0. The Morgan fingerprint density at radius 1 is 1.43 bits per heavy atom. The van der Waals surface area contributed by atoms with Gasteiger partial charge in [0.25, 0.3) is 11.2 Å². The molecule has 0 aliphatic heterocycles. The van der Waals surface area contributed by atoms with Crippen LogP contribution in [0.25, 0.3) is 0 Å². The lowest BCUT2D eigenvalue weighted by Gasteiger charge is -2.08. The van der Waals surface area contributed by atoms with E-state index in [1.807, 2.05) is 0 Å². The van der Waals surface area contributed by atoms with E-state index >= 15 is 0 Å². The maximum absolute atomic E-state index is 12.1. The van der Waals surface area contributed by atoms with Crippen molar-refractivity contribution in [2.45, 2.75) is 20.4 Å². The lowest BCUT2D eigenvalue weighted by molar-refractivity contribution is -0.386. The zero-order valence-electron chi connectivity index (χ0n) is 11.1. The zero-order valence-corrected chi connectivity index (χ0v) is 13.5. The van der Waals surface area contributed by atoms with E-state index in [0.29, 0.717) is 11.5 Å². The van der Waals surface area contributed by atoms with E-state index in [-0.39, 0.29) is 33.0 Å². The Bertz CT molecular complexity index is 771. The van der Waals surface area contributed by atoms with Crippen LogP contribution in [-0.2, 0) is 6.54 Å². The van der Waals surface area contributed by atoms with E-state index in [9.17, 15) is 14.9 Å². The molecular weight excluding hydrogens is 364 g/mol. The van der Waals surface area contributed by atoms with Gasteiger partial charge in [0.2, 0.25) is 0 Å². The Labute approximate surface area is 132 Å². The number of hydrogen-bond donors (Lipinski definition) is 0. The van der Waals surface area contributed by atoms with Gasteiger partial charge < -0.3 is 4.57 Å². The van der Waals surface area contributed by atoms with Crippen LogP contribution in [0.1, 0.15) is 17.1 Å². The first kappa shape index (κ1) is 15.6. The molecule has 0 unspecified atom stereocenters. The summed E-state index contributed by atoms with van der Waals surface area (Å²) in [6.45, 7) is 3.25. The third-order valence-electron chi connectivity index (χ3n) is 2.82. The van der Waals surface area contributed by atoms with Crippen molar-refractivity contribution in [3.63, 3.8) is 0 Å². The van der Waals surface area contributed by atoms with Gasteiger partial charge in [-0.1, -0.05) is 11.6 Å². The maximum Gasteiger partial charge on any atom is 0.289 e. The molecule has 0 atom stereocenters. The van der Waals surface area contributed by atoms with Gasteiger partial charge in [-0.25, -0.2) is 9.97 Å². The fourth-order valence-corrected chi connectivity index (χ4v) is 2.50. The number of nitrogens with zero attached hydrogens (tertiary/aromatic N) is 4. The quantitative estimate of drug-likeness (QED) is 0.468. The van der Waals surface area contributed by atoms with E-state index in [1.165, 1.54) is 17.7 Å². The van der Waals surface area contributed by atoms with Crippen molar-refractivity contribution < 1.29 is 4.92 Å². The van der Waals surface area contributed by atoms with Crippen LogP contribution in [0.5, 0.6) is 0 Å². The average molecular weight is 374 g/mol. The highest BCUT2D eigenvalue weighted by atomic mass is 79.9. The lowest BCUT2D eigenvalue weighted by atomic mass is 10.2. The van der Waals surface area contributed by atoms with Crippen molar-refractivity contribution in [1.82, 2.24) is 14.5 Å². The number of aromatic nitrogens is 3. The molecule has 7 nitrogen and oxygen atoms in total. The molecule has 0 fully saturated rings. The van der Waals surface area contributed by atoms with Gasteiger partial charge in [-0.2, -0.15) is 0 Å². The van der Waals surface area contributed by atoms with Crippen LogP contribution in [0, 0.1) is 24.0 Å². The summed E-state index contributed by atoms with van der Waals surface area (Å²) in [6, 6.07) is 1.58. The summed E-state index contributed by atoms with van der Waals surface area (Å²) in [5.74, 6) is 0.312. The van der Waals surface area contributed by atoms with Gasteiger partial charge in [0.1, 0.15) is 11.0 Å². The van der Waals surface area contributed by atoms with Crippen LogP contribution < -0.4 is 5.56 Å². The molecule has 2 rings (SSSR count). The van der Waals surface area contributed by atoms with Crippen LogP contribution >= 0.6 is 27.5 Å². The number of rotatable bonds is 3. The molecule has 110 valence electrons. The van der Waals surface area contributed by atoms with E-state index in [0.717, 1.165) is 0 Å². The largest absolute Gasteiger partial charge is 0.300 e. The second kappa shape index (κ2) is 5.90. The van der Waals surface area contributed by atoms with Crippen molar-refractivity contribution in [1.29, 1.82) is 0 Å². The number of nitro groups is 1. The smallest absolute Gasteiger partial charge is 0.289 e. The second-order valence-corrected chi connectivity index (χ2v) is 5.57. The van der Waals surface area contributed by atoms with Gasteiger partial charge in [-0.15, -0.1) is 0 Å². The highest BCUT2D eigenvalue weighted by molar-refractivity contribution is 9.10. The number of hydrogen-bond acceptors (Lipinski definition) is 5. The summed E-state index contributed by atoms with van der Waals surface area (Å²) in [5, 5.41) is 11.3. The maximum atomic E-state index is 12.1. The van der Waals surface area contributed by atoms with E-state index in [2.05, 4.69) is 25.9 Å². The molecule has 0 aliphatic carbocycles. The second-order valence-electron chi connectivity index (χ2n) is 4.39. The molecule has 2 heterocycles. The molecule has 0 radical (unpaired) electrons. The Hall–Kier alpha value is -1.80. The molecule has 0 N–H and O–H groups in total. The van der Waals surface area contributed by atoms with Crippen LogP contribution in [0.15, 0.2) is 21.5 Å². The fourth-order valence-electron chi connectivity index (χ4n) is 1.82. The van der Waals surface area contributed by atoms with Crippen molar-refractivity contribution in [2.24, 2.45) is 0 Å². The molecular formula is C12H10BrClN4O3. The van der Waals surface area contributed by atoms with Crippen LogP contribution in [-0.4, -0.2) is 19.5 Å². The Kier molecular flexibility index (Phi) is 4.38. The molecule has 0 aromatic carbocycles. The van der Waals surface area contributed by atoms with Crippen molar-refractivity contribution in [3.05, 3.63) is 59.4 Å². The predicted octanol–water partition coefficient (Wildman–Crippen LogP) is 2.63. The molecule has 0 spiro atoms. The number of pyridine rings is 1. The topological polar surface area (TPSA) is 90.9 Å². The molecule has 2 aromatic rings. The minimum Gasteiger partial charge on any atom is -0.300 e. The van der Waals surface area contributed by atoms with Crippen molar-refractivity contribution >= 4 is 33.2 Å². The fraction of sp³-hybridized carbons (Fsp3) is 0.250. The van der Waals surface area contributed by atoms with Gasteiger partial charge in [0.05, 0.1) is 22.1 Å². The standard InChI is InChI=1S/C12H10BrClN4O3/c1-6-3-9(14)16-10(15-6)5-17-4-8(18(20)21)7(2)11(13)12(17)19/h3-4H,5H2,1-2H3. The highest BCUT2D eigenvalue weighted by Gasteiger charge is 2.19. The summed E-state index contributed by atoms with van der Waals surface area (Å²) in [4.78, 5) is 30.8. The lowest BCUT2D eigenvalue weighted by Crippen LogP contribution is -2.23. The zero-order chi connectivity index (χ0) is 15.7. The molecule has 2 aromatic heterocycles. The minimum atomic E-state index is -0.542. The van der Waals surface area contributed by atoms with Gasteiger partial charge in [-0.3, -0.25) is 14.9 Å². The average Bonchev–Trinajstić information content (AvgIpc) is 2.38. The molecule has 9 heteroatoms. The summed E-state index contributed by atoms with van der Waals surface area (Å²) < 4.78 is 1.33. The van der Waals surface area contributed by atoms with E-state index in [1.54, 1.807) is 13.0 Å². The molecule has 0 saturated carbocycles. The minimum absolute atomic E-state index is 0.0000463. The summed E-state index contributed by atoms with van der Waals surface area (Å²) >= 11 is 8.93. The molecule has 0 amide bonds. The van der Waals surface area contributed by atoms with Crippen LogP contribution in [0.3, 0.4) is 0 Å². The van der Waals surface area contributed by atoms with Gasteiger partial charge in [0, 0.05) is 11.3 Å². The predicted molar refractivity (Wildman–Crippen MR) is 80.7 cm³/mol. The van der Waals surface area contributed by atoms with Gasteiger partial charge in [-0.05, 0) is 35.8 Å². The van der Waals surface area contributed by atoms with Crippen LogP contribution in [0.4, 0.5) is 5.69 Å². The monoisotopic (exact) mass is 372 g/mol.